The zero-order valence-corrected chi connectivity index (χ0v) is 20.1. The quantitative estimate of drug-likeness (QED) is 0.179. The van der Waals surface area contributed by atoms with Crippen molar-refractivity contribution in [3.05, 3.63) is 108 Å². The van der Waals surface area contributed by atoms with Gasteiger partial charge in [-0.25, -0.2) is 4.98 Å². The summed E-state index contributed by atoms with van der Waals surface area (Å²) in [6, 6.07) is 19.6. The molecule has 0 aliphatic heterocycles. The number of imidazole rings is 1. The number of aryl methyl sites for hydroxylation is 1. The molecule has 0 radical (unpaired) electrons. The van der Waals surface area contributed by atoms with Crippen LogP contribution in [0.15, 0.2) is 90.8 Å². The molecule has 1 aromatic heterocycles. The van der Waals surface area contributed by atoms with Crippen LogP contribution in [0.2, 0.25) is 0 Å². The minimum atomic E-state index is -0.525. The van der Waals surface area contributed by atoms with Crippen LogP contribution in [-0.4, -0.2) is 28.2 Å². The van der Waals surface area contributed by atoms with E-state index >= 15 is 0 Å². The Balaban J connectivity index is 1.63. The molecule has 182 valence electrons. The number of fused-ring (bicyclic) bond motifs is 1. The zero-order chi connectivity index (χ0) is 25.8. The van der Waals surface area contributed by atoms with E-state index in [2.05, 4.69) is 16.5 Å². The fourth-order valence-corrected chi connectivity index (χ4v) is 3.96. The molecule has 8 nitrogen and oxygen atoms in total. The maximum Gasteiger partial charge on any atom is 0.248 e. The molecule has 4 rings (SSSR count). The highest BCUT2D eigenvalue weighted by Gasteiger charge is 2.21. The van der Waals surface area contributed by atoms with E-state index in [4.69, 9.17) is 16.2 Å². The molecule has 0 bridgehead atoms. The molecule has 0 aliphatic rings. The summed E-state index contributed by atoms with van der Waals surface area (Å²) in [7, 11) is 0. The summed E-state index contributed by atoms with van der Waals surface area (Å²) in [5.41, 5.74) is 15.6. The standard InChI is InChI=1S/C28H27N5O3/c1-4-21(25(34)28-31-22-11-6-7-12-23(22)32-28)26(29)33(5-2)24-14-13-20(15-17(24)3)36-19-10-8-9-18(16-19)27(30)35/h4,6-16H,1,5,29H2,2-3H3,(H2,30,35)(H,31,32)/b26-21+. The molecule has 5 N–H and O–H groups in total. The smallest absolute Gasteiger partial charge is 0.248 e. The first-order valence-corrected chi connectivity index (χ1v) is 11.4. The Bertz CT molecular complexity index is 1470. The second-order valence-electron chi connectivity index (χ2n) is 8.12. The average molecular weight is 482 g/mol. The summed E-state index contributed by atoms with van der Waals surface area (Å²) in [4.78, 5) is 34.0. The Kier molecular flexibility index (Phi) is 6.87. The first-order valence-electron chi connectivity index (χ1n) is 11.4. The van der Waals surface area contributed by atoms with Crippen molar-refractivity contribution in [1.82, 2.24) is 9.97 Å². The van der Waals surface area contributed by atoms with Gasteiger partial charge in [-0.3, -0.25) is 9.59 Å². The number of amides is 1. The maximum atomic E-state index is 13.3. The Hall–Kier alpha value is -4.85. The second-order valence-corrected chi connectivity index (χ2v) is 8.12. The SMILES string of the molecule is C=C/C(C(=O)c1nc2ccccc2[nH]1)=C(/N)N(CC)c1ccc(Oc2cccc(C(N)=O)c2)cc1C. The van der Waals surface area contributed by atoms with Crippen molar-refractivity contribution < 1.29 is 14.3 Å². The number of rotatable bonds is 9. The van der Waals surface area contributed by atoms with Crippen LogP contribution in [-0.2, 0) is 0 Å². The van der Waals surface area contributed by atoms with E-state index in [1.807, 2.05) is 55.1 Å². The number of anilines is 1. The van der Waals surface area contributed by atoms with Gasteiger partial charge in [-0.05, 0) is 67.9 Å². The van der Waals surface area contributed by atoms with Gasteiger partial charge in [-0.1, -0.05) is 30.9 Å². The van der Waals surface area contributed by atoms with Gasteiger partial charge in [0.25, 0.3) is 0 Å². The van der Waals surface area contributed by atoms with Gasteiger partial charge in [-0.15, -0.1) is 0 Å². The molecule has 1 heterocycles. The molecule has 8 heteroatoms. The molecule has 0 saturated carbocycles. The highest BCUT2D eigenvalue weighted by atomic mass is 16.5. The van der Waals surface area contributed by atoms with Crippen LogP contribution in [0.1, 0.15) is 33.5 Å². The molecule has 4 aromatic rings. The van der Waals surface area contributed by atoms with Gasteiger partial charge in [-0.2, -0.15) is 0 Å². The van der Waals surface area contributed by atoms with Gasteiger partial charge in [0.15, 0.2) is 5.82 Å². The molecule has 0 unspecified atom stereocenters. The number of hydrogen-bond donors (Lipinski definition) is 3. The van der Waals surface area contributed by atoms with Crippen molar-refractivity contribution in [3.63, 3.8) is 0 Å². The molecule has 0 spiro atoms. The van der Waals surface area contributed by atoms with Crippen molar-refractivity contribution in [1.29, 1.82) is 0 Å². The monoisotopic (exact) mass is 481 g/mol. The number of benzene rings is 3. The van der Waals surface area contributed by atoms with Crippen LogP contribution in [0.25, 0.3) is 11.0 Å². The number of nitrogens with two attached hydrogens (primary N) is 2. The predicted molar refractivity (Wildman–Crippen MR) is 141 cm³/mol. The number of aromatic nitrogens is 2. The van der Waals surface area contributed by atoms with Gasteiger partial charge < -0.3 is 26.1 Å². The van der Waals surface area contributed by atoms with Gasteiger partial charge >= 0.3 is 0 Å². The van der Waals surface area contributed by atoms with E-state index in [0.717, 1.165) is 16.8 Å². The van der Waals surface area contributed by atoms with E-state index in [1.165, 1.54) is 6.08 Å². The van der Waals surface area contributed by atoms with E-state index in [9.17, 15) is 9.59 Å². The van der Waals surface area contributed by atoms with Crippen LogP contribution in [0.4, 0.5) is 5.69 Å². The summed E-state index contributed by atoms with van der Waals surface area (Å²) < 4.78 is 5.92. The topological polar surface area (TPSA) is 127 Å². The van der Waals surface area contributed by atoms with Crippen molar-refractivity contribution in [2.75, 3.05) is 11.4 Å². The Morgan fingerprint density at radius 3 is 2.47 bits per heavy atom. The van der Waals surface area contributed by atoms with E-state index in [0.29, 0.717) is 29.1 Å². The summed E-state index contributed by atoms with van der Waals surface area (Å²) in [5.74, 6) is 0.675. The third kappa shape index (κ3) is 4.83. The number of nitrogens with one attached hydrogen (secondary N) is 1. The maximum absolute atomic E-state index is 13.3. The third-order valence-corrected chi connectivity index (χ3v) is 5.75. The number of nitrogens with zero attached hydrogens (tertiary/aromatic N) is 2. The van der Waals surface area contributed by atoms with Crippen LogP contribution < -0.4 is 21.1 Å². The normalized spacial score (nSPS) is 11.6. The lowest BCUT2D eigenvalue weighted by Gasteiger charge is -2.27. The Labute approximate surface area is 208 Å². The highest BCUT2D eigenvalue weighted by molar-refractivity contribution is 6.10. The number of Topliss-reactive ketones (excluding diaryl/α,β-unsaturated/α-hetero) is 1. The zero-order valence-electron chi connectivity index (χ0n) is 20.1. The third-order valence-electron chi connectivity index (χ3n) is 5.75. The van der Waals surface area contributed by atoms with Crippen molar-refractivity contribution in [2.24, 2.45) is 11.5 Å². The molecule has 1 amide bonds. The van der Waals surface area contributed by atoms with E-state index in [-0.39, 0.29) is 23.0 Å². The molecule has 0 saturated heterocycles. The number of carbonyl (C=O) groups is 2. The Morgan fingerprint density at radius 1 is 1.06 bits per heavy atom. The second kappa shape index (κ2) is 10.2. The lowest BCUT2D eigenvalue weighted by molar-refractivity contribution is 0.0997. The minimum Gasteiger partial charge on any atom is -0.457 e. The van der Waals surface area contributed by atoms with Crippen molar-refractivity contribution in [2.45, 2.75) is 13.8 Å². The molecule has 0 atom stereocenters. The molecule has 36 heavy (non-hydrogen) atoms. The molecule has 0 aliphatic carbocycles. The van der Waals surface area contributed by atoms with Crippen LogP contribution in [0, 0.1) is 6.92 Å². The summed E-state index contributed by atoms with van der Waals surface area (Å²) in [6.07, 6.45) is 1.45. The van der Waals surface area contributed by atoms with E-state index in [1.54, 1.807) is 30.3 Å². The lowest BCUT2D eigenvalue weighted by Crippen LogP contribution is -2.31. The number of hydrogen-bond acceptors (Lipinski definition) is 6. The Morgan fingerprint density at radius 2 is 1.81 bits per heavy atom. The number of carbonyl (C=O) groups excluding carboxylic acids is 2. The summed E-state index contributed by atoms with van der Waals surface area (Å²) >= 11 is 0. The number of ether oxygens (including phenoxy) is 1. The number of H-pyrrole nitrogens is 1. The molecular formula is C28H27N5O3. The fourth-order valence-electron chi connectivity index (χ4n) is 3.96. The number of primary amides is 1. The minimum absolute atomic E-state index is 0.198. The first-order chi connectivity index (χ1) is 17.3. The molecule has 3 aromatic carbocycles. The van der Waals surface area contributed by atoms with Gasteiger partial charge in [0.2, 0.25) is 11.7 Å². The van der Waals surface area contributed by atoms with Crippen LogP contribution in [0.5, 0.6) is 11.5 Å². The lowest BCUT2D eigenvalue weighted by atomic mass is 10.1. The van der Waals surface area contributed by atoms with Crippen molar-refractivity contribution in [3.8, 4) is 11.5 Å². The number of para-hydroxylation sites is 2. The summed E-state index contributed by atoms with van der Waals surface area (Å²) in [5, 5.41) is 0. The van der Waals surface area contributed by atoms with Crippen molar-refractivity contribution >= 4 is 28.4 Å². The predicted octanol–water partition coefficient (Wildman–Crippen LogP) is 4.83. The number of allylic oxidation sites excluding steroid dienone is 2. The molecular weight excluding hydrogens is 454 g/mol. The van der Waals surface area contributed by atoms with Gasteiger partial charge in [0.05, 0.1) is 16.6 Å². The van der Waals surface area contributed by atoms with Crippen LogP contribution in [0.3, 0.4) is 0 Å². The van der Waals surface area contributed by atoms with Gasteiger partial charge in [0.1, 0.15) is 17.3 Å². The number of aromatic amines is 1. The first kappa shape index (κ1) is 24.3. The average Bonchev–Trinajstić information content (AvgIpc) is 3.31. The molecule has 0 fully saturated rings. The number of ketones is 1. The fraction of sp³-hybridized carbons (Fsp3) is 0.107. The summed E-state index contributed by atoms with van der Waals surface area (Å²) in [6.45, 7) is 8.19. The van der Waals surface area contributed by atoms with Crippen LogP contribution >= 0.6 is 0 Å². The highest BCUT2D eigenvalue weighted by Crippen LogP contribution is 2.30. The van der Waals surface area contributed by atoms with Gasteiger partial charge in [0, 0.05) is 17.8 Å². The van der Waals surface area contributed by atoms with E-state index < -0.39 is 5.91 Å². The largest absolute Gasteiger partial charge is 0.457 e.